The van der Waals surface area contributed by atoms with Crippen LogP contribution in [-0.4, -0.2) is 78.2 Å². The van der Waals surface area contributed by atoms with E-state index in [4.69, 9.17) is 16.5 Å². The van der Waals surface area contributed by atoms with Crippen molar-refractivity contribution in [3.63, 3.8) is 0 Å². The van der Waals surface area contributed by atoms with E-state index in [-0.39, 0.29) is 17.9 Å². The van der Waals surface area contributed by atoms with Crippen molar-refractivity contribution in [3.8, 4) is 0 Å². The second kappa shape index (κ2) is 11.3. The number of amides is 2. The number of likely N-dealkylation sites (N-methyl/N-ethyl adjacent to an activating group) is 1. The Labute approximate surface area is 211 Å². The molecule has 0 radical (unpaired) electrons. The van der Waals surface area contributed by atoms with Gasteiger partial charge in [0.05, 0.1) is 18.4 Å². The number of primary amides is 1. The van der Waals surface area contributed by atoms with Gasteiger partial charge >= 0.3 is 0 Å². The maximum Gasteiger partial charge on any atom is 0.267 e. The number of carbonyl (C=O) groups is 2. The molecule has 36 heavy (non-hydrogen) atoms. The van der Waals surface area contributed by atoms with Crippen LogP contribution < -0.4 is 27.0 Å². The minimum absolute atomic E-state index is 0.169. The molecule has 4 rings (SSSR count). The van der Waals surface area contributed by atoms with Gasteiger partial charge in [-0.05, 0) is 31.1 Å². The fourth-order valence-corrected chi connectivity index (χ4v) is 4.95. The van der Waals surface area contributed by atoms with Gasteiger partial charge in [0, 0.05) is 51.0 Å². The molecule has 0 unspecified atom stereocenters. The van der Waals surface area contributed by atoms with E-state index in [2.05, 4.69) is 32.0 Å². The average Bonchev–Trinajstić information content (AvgIpc) is 3.52. The van der Waals surface area contributed by atoms with E-state index in [0.29, 0.717) is 35.3 Å². The van der Waals surface area contributed by atoms with Gasteiger partial charge in [-0.1, -0.05) is 19.4 Å². The number of aliphatic imine (C=N–C) groups is 1. The third-order valence-corrected chi connectivity index (χ3v) is 6.75. The Kier molecular flexibility index (Phi) is 7.89. The lowest BCUT2D eigenvalue weighted by Gasteiger charge is -2.35. The Balaban J connectivity index is 1.43. The molecule has 2 fully saturated rings. The summed E-state index contributed by atoms with van der Waals surface area (Å²) in [5.74, 6) is 1.16. The molecular weight excluding hydrogens is 458 g/mol. The zero-order valence-electron chi connectivity index (χ0n) is 20.7. The van der Waals surface area contributed by atoms with Crippen molar-refractivity contribution in [1.82, 2.24) is 20.1 Å². The second-order valence-corrected chi connectivity index (χ2v) is 9.18. The average molecular weight is 494 g/mol. The van der Waals surface area contributed by atoms with Crippen LogP contribution in [0, 0.1) is 0 Å². The highest BCUT2D eigenvalue weighted by molar-refractivity contribution is 6.12. The molecule has 2 amide bonds. The summed E-state index contributed by atoms with van der Waals surface area (Å²) >= 11 is 0. The Morgan fingerprint density at radius 2 is 1.94 bits per heavy atom. The first-order valence-electron chi connectivity index (χ1n) is 12.3. The largest absolute Gasteiger partial charge is 0.404 e. The molecule has 1 aromatic rings. The quantitative estimate of drug-likeness (QED) is 0.414. The first kappa shape index (κ1) is 25.2. The van der Waals surface area contributed by atoms with Crippen molar-refractivity contribution in [2.45, 2.75) is 31.7 Å². The summed E-state index contributed by atoms with van der Waals surface area (Å²) in [6, 6.07) is 4.07. The van der Waals surface area contributed by atoms with E-state index in [1.165, 1.54) is 6.20 Å². The number of nitrogens with one attached hydrogen (secondary N) is 2. The maximum absolute atomic E-state index is 12.6. The van der Waals surface area contributed by atoms with Crippen LogP contribution in [0.15, 0.2) is 59.3 Å². The number of nitrogens with two attached hydrogens (primary N) is 2. The number of pyridine rings is 1. The van der Waals surface area contributed by atoms with Crippen molar-refractivity contribution in [2.75, 3.05) is 50.0 Å². The third-order valence-electron chi connectivity index (χ3n) is 6.75. The summed E-state index contributed by atoms with van der Waals surface area (Å²) < 4.78 is 0. The normalized spacial score (nSPS) is 21.2. The van der Waals surface area contributed by atoms with Gasteiger partial charge in [0.1, 0.15) is 23.2 Å². The van der Waals surface area contributed by atoms with Crippen molar-refractivity contribution in [3.05, 3.63) is 54.3 Å². The highest BCUT2D eigenvalue weighted by atomic mass is 16.2. The number of anilines is 2. The summed E-state index contributed by atoms with van der Waals surface area (Å²) in [5.41, 5.74) is 13.4. The molecule has 0 bridgehead atoms. The fourth-order valence-electron chi connectivity index (χ4n) is 4.95. The van der Waals surface area contributed by atoms with Gasteiger partial charge in [-0.3, -0.25) is 14.5 Å². The van der Waals surface area contributed by atoms with Crippen LogP contribution in [0.3, 0.4) is 0 Å². The lowest BCUT2D eigenvalue weighted by atomic mass is 10.2. The molecule has 11 heteroatoms. The van der Waals surface area contributed by atoms with Gasteiger partial charge in [0.25, 0.3) is 5.91 Å². The lowest BCUT2D eigenvalue weighted by molar-refractivity contribution is -0.119. The minimum Gasteiger partial charge on any atom is -0.404 e. The van der Waals surface area contributed by atoms with Crippen LogP contribution in [0.5, 0.6) is 0 Å². The Morgan fingerprint density at radius 1 is 1.22 bits per heavy atom. The number of carbonyl (C=O) groups excluding carboxylic acids is 2. The highest BCUT2D eigenvalue weighted by Crippen LogP contribution is 2.33. The SMILES string of the molecule is C=C(/N=C1\C(=C/N)C=C(C(=O)NC)N1C1CCCC1)Nc1ccc(N2CCN(CC(N)=O)CC2)cn1. The zero-order chi connectivity index (χ0) is 25.7. The summed E-state index contributed by atoms with van der Waals surface area (Å²) in [7, 11) is 1.62. The standard InChI is InChI=1S/C25H35N9O2/c1-17(30-23-8-7-20(15-29-23)33-11-9-32(10-12-33)16-22(27)35)31-24-18(14-26)13-21(25(36)28-2)34(24)19-5-3-4-6-19/h7-8,13-15,19H,1,3-6,9-12,16,26H2,2H3,(H2,27,35)(H,28,36)(H,29,30)/b18-14-,31-24+. The molecule has 1 saturated heterocycles. The highest BCUT2D eigenvalue weighted by Gasteiger charge is 2.36. The number of nitrogens with zero attached hydrogens (tertiary/aromatic N) is 5. The van der Waals surface area contributed by atoms with E-state index in [1.807, 2.05) is 23.2 Å². The number of rotatable bonds is 8. The van der Waals surface area contributed by atoms with Gasteiger partial charge in [-0.25, -0.2) is 9.98 Å². The van der Waals surface area contributed by atoms with E-state index in [9.17, 15) is 9.59 Å². The van der Waals surface area contributed by atoms with Crippen molar-refractivity contribution in [1.29, 1.82) is 0 Å². The molecule has 3 heterocycles. The summed E-state index contributed by atoms with van der Waals surface area (Å²) in [6.45, 7) is 7.51. The van der Waals surface area contributed by atoms with Crippen LogP contribution in [0.25, 0.3) is 0 Å². The predicted octanol–water partition coefficient (Wildman–Crippen LogP) is 0.701. The smallest absolute Gasteiger partial charge is 0.267 e. The van der Waals surface area contributed by atoms with Crippen molar-refractivity contribution >= 4 is 29.2 Å². The van der Waals surface area contributed by atoms with Gasteiger partial charge in [0.2, 0.25) is 5.91 Å². The molecule has 0 spiro atoms. The Hall–Kier alpha value is -3.86. The van der Waals surface area contributed by atoms with E-state index >= 15 is 0 Å². The van der Waals surface area contributed by atoms with Crippen LogP contribution in [-0.2, 0) is 9.59 Å². The van der Waals surface area contributed by atoms with E-state index in [1.54, 1.807) is 13.1 Å². The predicted molar refractivity (Wildman–Crippen MR) is 141 cm³/mol. The molecule has 192 valence electrons. The molecule has 1 aromatic heterocycles. The van der Waals surface area contributed by atoms with Gasteiger partial charge in [0.15, 0.2) is 0 Å². The number of hydrogen-bond acceptors (Lipinski definition) is 8. The zero-order valence-corrected chi connectivity index (χ0v) is 20.7. The first-order chi connectivity index (χ1) is 17.4. The molecule has 1 saturated carbocycles. The van der Waals surface area contributed by atoms with Crippen molar-refractivity contribution < 1.29 is 9.59 Å². The molecule has 3 aliphatic rings. The van der Waals surface area contributed by atoms with Crippen LogP contribution >= 0.6 is 0 Å². The van der Waals surface area contributed by atoms with E-state index in [0.717, 1.165) is 57.5 Å². The topological polar surface area (TPSA) is 145 Å². The third kappa shape index (κ3) is 5.68. The van der Waals surface area contributed by atoms with Crippen LogP contribution in [0.2, 0.25) is 0 Å². The van der Waals surface area contributed by atoms with Crippen LogP contribution in [0.1, 0.15) is 25.7 Å². The fraction of sp³-hybridized carbons (Fsp3) is 0.440. The Bertz CT molecular complexity index is 1080. The molecule has 6 N–H and O–H groups in total. The summed E-state index contributed by atoms with van der Waals surface area (Å²) in [4.78, 5) is 39.2. The molecular formula is C25H35N9O2. The molecule has 1 aliphatic carbocycles. The summed E-state index contributed by atoms with van der Waals surface area (Å²) in [6.07, 6.45) is 9.28. The lowest BCUT2D eigenvalue weighted by Crippen LogP contribution is -2.48. The summed E-state index contributed by atoms with van der Waals surface area (Å²) in [5, 5.41) is 5.87. The first-order valence-corrected chi connectivity index (χ1v) is 12.3. The number of piperazine rings is 1. The minimum atomic E-state index is -0.303. The monoisotopic (exact) mass is 493 g/mol. The number of hydrogen-bond donors (Lipinski definition) is 4. The number of aromatic nitrogens is 1. The van der Waals surface area contributed by atoms with Gasteiger partial charge in [-0.15, -0.1) is 0 Å². The maximum atomic E-state index is 12.6. The molecule has 0 aromatic carbocycles. The van der Waals surface area contributed by atoms with Crippen LogP contribution in [0.4, 0.5) is 11.5 Å². The number of amidine groups is 1. The Morgan fingerprint density at radius 3 is 2.53 bits per heavy atom. The second-order valence-electron chi connectivity index (χ2n) is 9.18. The molecule has 2 aliphatic heterocycles. The molecule has 0 atom stereocenters. The van der Waals surface area contributed by atoms with Gasteiger partial charge < -0.3 is 31.9 Å². The van der Waals surface area contributed by atoms with Crippen molar-refractivity contribution in [2.24, 2.45) is 16.5 Å². The molecule has 11 nitrogen and oxygen atoms in total. The van der Waals surface area contributed by atoms with Gasteiger partial charge in [-0.2, -0.15) is 0 Å². The van der Waals surface area contributed by atoms with E-state index < -0.39 is 0 Å².